The highest BCUT2D eigenvalue weighted by Crippen LogP contribution is 2.40. The maximum Gasteiger partial charge on any atom is 0.0292 e. The van der Waals surface area contributed by atoms with Gasteiger partial charge in [0.2, 0.25) is 0 Å². The van der Waals surface area contributed by atoms with Crippen molar-refractivity contribution >= 4 is 22.0 Å². The summed E-state index contributed by atoms with van der Waals surface area (Å²) in [5.74, 6) is 0.385. The zero-order valence-electron chi connectivity index (χ0n) is 10.6. The van der Waals surface area contributed by atoms with Gasteiger partial charge >= 0.3 is 0 Å². The molecule has 3 rings (SSSR count). The third kappa shape index (κ3) is 1.74. The van der Waals surface area contributed by atoms with E-state index in [0.29, 0.717) is 5.92 Å². The molecule has 0 bridgehead atoms. The van der Waals surface area contributed by atoms with Gasteiger partial charge in [0.1, 0.15) is 0 Å². The van der Waals surface area contributed by atoms with Crippen molar-refractivity contribution in [3.05, 3.63) is 74.8 Å². The molecule has 1 heteroatoms. The molecule has 0 N–H and O–H groups in total. The number of rotatable bonds is 1. The Bertz CT molecular complexity index is 638. The molecule has 1 unspecified atom stereocenters. The Morgan fingerprint density at radius 1 is 1.00 bits per heavy atom. The molecule has 0 nitrogen and oxygen atoms in total. The highest BCUT2D eigenvalue weighted by molar-refractivity contribution is 9.10. The number of allylic oxidation sites excluding steroid dienone is 1. The summed E-state index contributed by atoms with van der Waals surface area (Å²) in [6.45, 7) is 4.39. The van der Waals surface area contributed by atoms with Crippen LogP contribution in [0.25, 0.3) is 6.08 Å². The standard InChI is InChI=1S/C17H15Br/c1-11-7-10-16(18)17(12(11)2)15-9-8-13-5-3-4-6-14(13)15/h3-10,15H,1-2H3. The van der Waals surface area contributed by atoms with Gasteiger partial charge in [-0.15, -0.1) is 0 Å². The summed E-state index contributed by atoms with van der Waals surface area (Å²) < 4.78 is 1.21. The van der Waals surface area contributed by atoms with E-state index in [9.17, 15) is 0 Å². The van der Waals surface area contributed by atoms with Crippen LogP contribution >= 0.6 is 15.9 Å². The fourth-order valence-corrected chi connectivity index (χ4v) is 3.36. The minimum absolute atomic E-state index is 0.385. The molecule has 0 amide bonds. The van der Waals surface area contributed by atoms with Crippen LogP contribution in [0.1, 0.15) is 33.7 Å². The predicted molar refractivity (Wildman–Crippen MR) is 80.9 cm³/mol. The molecule has 0 spiro atoms. The van der Waals surface area contributed by atoms with E-state index >= 15 is 0 Å². The summed E-state index contributed by atoms with van der Waals surface area (Å²) in [4.78, 5) is 0. The summed E-state index contributed by atoms with van der Waals surface area (Å²) in [6, 6.07) is 13.0. The lowest BCUT2D eigenvalue weighted by atomic mass is 9.88. The Labute approximate surface area is 116 Å². The number of fused-ring (bicyclic) bond motifs is 1. The average molecular weight is 299 g/mol. The first kappa shape index (κ1) is 11.7. The molecule has 0 heterocycles. The van der Waals surface area contributed by atoms with Gasteiger partial charge in [-0.2, -0.15) is 0 Å². The molecule has 90 valence electrons. The molecular weight excluding hydrogens is 284 g/mol. The molecule has 1 atom stereocenters. The van der Waals surface area contributed by atoms with Crippen molar-refractivity contribution in [2.45, 2.75) is 19.8 Å². The molecule has 2 aromatic rings. The van der Waals surface area contributed by atoms with E-state index in [0.717, 1.165) is 0 Å². The van der Waals surface area contributed by atoms with Crippen molar-refractivity contribution in [2.24, 2.45) is 0 Å². The summed E-state index contributed by atoms with van der Waals surface area (Å²) in [5.41, 5.74) is 6.89. The SMILES string of the molecule is Cc1ccc(Br)c(C2C=Cc3ccccc32)c1C. The smallest absolute Gasteiger partial charge is 0.0292 e. The molecule has 0 saturated carbocycles. The van der Waals surface area contributed by atoms with E-state index in [4.69, 9.17) is 0 Å². The molecule has 1 aliphatic rings. The zero-order chi connectivity index (χ0) is 12.7. The maximum absolute atomic E-state index is 3.71. The average Bonchev–Trinajstić information content (AvgIpc) is 2.79. The van der Waals surface area contributed by atoms with Crippen LogP contribution in [0.3, 0.4) is 0 Å². The van der Waals surface area contributed by atoms with Gasteiger partial charge in [0.05, 0.1) is 0 Å². The van der Waals surface area contributed by atoms with Crippen molar-refractivity contribution in [2.75, 3.05) is 0 Å². The van der Waals surface area contributed by atoms with Gasteiger partial charge in [-0.25, -0.2) is 0 Å². The monoisotopic (exact) mass is 298 g/mol. The van der Waals surface area contributed by atoms with Crippen LogP contribution in [0, 0.1) is 13.8 Å². The third-order valence-corrected chi connectivity index (χ3v) is 4.53. The number of hydrogen-bond donors (Lipinski definition) is 0. The first-order chi connectivity index (χ1) is 8.68. The fourth-order valence-electron chi connectivity index (χ4n) is 2.69. The van der Waals surface area contributed by atoms with Crippen LogP contribution in [0.5, 0.6) is 0 Å². The minimum Gasteiger partial charge on any atom is -0.0720 e. The Hall–Kier alpha value is -1.34. The summed E-state index contributed by atoms with van der Waals surface area (Å²) in [6.07, 6.45) is 4.53. The summed E-state index contributed by atoms with van der Waals surface area (Å²) in [5, 5.41) is 0. The van der Waals surface area contributed by atoms with Crippen molar-refractivity contribution in [3.8, 4) is 0 Å². The largest absolute Gasteiger partial charge is 0.0720 e. The number of benzene rings is 2. The van der Waals surface area contributed by atoms with E-state index in [1.165, 1.54) is 32.3 Å². The molecule has 18 heavy (non-hydrogen) atoms. The van der Waals surface area contributed by atoms with Gasteiger partial charge in [-0.05, 0) is 47.7 Å². The van der Waals surface area contributed by atoms with E-state index in [1.54, 1.807) is 0 Å². The highest BCUT2D eigenvalue weighted by atomic mass is 79.9. The molecule has 0 saturated heterocycles. The van der Waals surface area contributed by atoms with E-state index in [2.05, 4.69) is 78.3 Å². The van der Waals surface area contributed by atoms with Gasteiger partial charge in [0.25, 0.3) is 0 Å². The first-order valence-electron chi connectivity index (χ1n) is 6.21. The molecule has 0 aliphatic heterocycles. The normalized spacial score (nSPS) is 16.9. The van der Waals surface area contributed by atoms with Gasteiger partial charge in [-0.1, -0.05) is 58.4 Å². The second kappa shape index (κ2) is 4.40. The van der Waals surface area contributed by atoms with Crippen LogP contribution < -0.4 is 0 Å². The molecule has 0 fully saturated rings. The zero-order valence-corrected chi connectivity index (χ0v) is 12.2. The van der Waals surface area contributed by atoms with Gasteiger partial charge in [0, 0.05) is 10.4 Å². The molecule has 0 aromatic heterocycles. The van der Waals surface area contributed by atoms with Gasteiger partial charge in [0.15, 0.2) is 0 Å². The summed E-state index contributed by atoms with van der Waals surface area (Å²) >= 11 is 3.71. The first-order valence-corrected chi connectivity index (χ1v) is 7.00. The van der Waals surface area contributed by atoms with E-state index in [1.807, 2.05) is 0 Å². The molecular formula is C17H15Br. The second-order valence-electron chi connectivity index (χ2n) is 4.87. The second-order valence-corrected chi connectivity index (χ2v) is 5.72. The van der Waals surface area contributed by atoms with E-state index < -0.39 is 0 Å². The molecule has 1 aliphatic carbocycles. The third-order valence-electron chi connectivity index (χ3n) is 3.84. The Morgan fingerprint density at radius 2 is 1.78 bits per heavy atom. The predicted octanol–water partition coefficient (Wildman–Crippen LogP) is 5.22. The van der Waals surface area contributed by atoms with Crippen molar-refractivity contribution in [1.29, 1.82) is 0 Å². The van der Waals surface area contributed by atoms with Crippen LogP contribution in [0.4, 0.5) is 0 Å². The van der Waals surface area contributed by atoms with Gasteiger partial charge in [-0.3, -0.25) is 0 Å². The van der Waals surface area contributed by atoms with Crippen LogP contribution in [-0.2, 0) is 0 Å². The number of halogens is 1. The van der Waals surface area contributed by atoms with E-state index in [-0.39, 0.29) is 0 Å². The Kier molecular flexibility index (Phi) is 2.87. The topological polar surface area (TPSA) is 0 Å². The Morgan fingerprint density at radius 3 is 2.61 bits per heavy atom. The number of aryl methyl sites for hydroxylation is 1. The maximum atomic E-state index is 3.71. The molecule has 2 aromatic carbocycles. The van der Waals surface area contributed by atoms with Crippen LogP contribution in [-0.4, -0.2) is 0 Å². The highest BCUT2D eigenvalue weighted by Gasteiger charge is 2.22. The van der Waals surface area contributed by atoms with Crippen molar-refractivity contribution in [3.63, 3.8) is 0 Å². The lowest BCUT2D eigenvalue weighted by molar-refractivity contribution is 1.01. The lowest BCUT2D eigenvalue weighted by Crippen LogP contribution is -2.01. The van der Waals surface area contributed by atoms with Crippen LogP contribution in [0.15, 0.2) is 46.9 Å². The Balaban J connectivity index is 2.19. The fraction of sp³-hybridized carbons (Fsp3) is 0.176. The summed E-state index contributed by atoms with van der Waals surface area (Å²) in [7, 11) is 0. The quantitative estimate of drug-likeness (QED) is 0.677. The minimum atomic E-state index is 0.385. The molecule has 0 radical (unpaired) electrons. The lowest BCUT2D eigenvalue weighted by Gasteiger charge is -2.18. The van der Waals surface area contributed by atoms with Crippen molar-refractivity contribution in [1.82, 2.24) is 0 Å². The number of hydrogen-bond acceptors (Lipinski definition) is 0. The van der Waals surface area contributed by atoms with Crippen molar-refractivity contribution < 1.29 is 0 Å². The van der Waals surface area contributed by atoms with Crippen LogP contribution in [0.2, 0.25) is 0 Å². The van der Waals surface area contributed by atoms with Gasteiger partial charge < -0.3 is 0 Å².